The lowest BCUT2D eigenvalue weighted by Crippen LogP contribution is -2.26. The number of anilines is 2. The standard InChI is InChI=1S/C19H18ClN5O3/c1-25(28-3)19(26)13-10-23-17(20)9-15(13)24-14-6-4-5-12(18(14)27-2)16-11-21-7-8-22-16/h4-11H,1-3H3,(H,23,24). The molecule has 0 saturated heterocycles. The fraction of sp³-hybridized carbons (Fsp3) is 0.158. The van der Waals surface area contributed by atoms with Crippen molar-refractivity contribution in [1.82, 2.24) is 20.0 Å². The number of halogens is 1. The Morgan fingerprint density at radius 1 is 1.14 bits per heavy atom. The van der Waals surface area contributed by atoms with Crippen molar-refractivity contribution in [3.05, 3.63) is 59.8 Å². The summed E-state index contributed by atoms with van der Waals surface area (Å²) in [4.78, 5) is 30.0. The topological polar surface area (TPSA) is 89.5 Å². The number of methoxy groups -OCH3 is 1. The number of nitrogens with one attached hydrogen (secondary N) is 1. The van der Waals surface area contributed by atoms with Gasteiger partial charge in [-0.2, -0.15) is 0 Å². The first kappa shape index (κ1) is 19.5. The molecule has 0 fully saturated rings. The zero-order valence-corrected chi connectivity index (χ0v) is 16.3. The van der Waals surface area contributed by atoms with E-state index in [0.29, 0.717) is 28.4 Å². The summed E-state index contributed by atoms with van der Waals surface area (Å²) in [6.45, 7) is 0. The van der Waals surface area contributed by atoms with Crippen LogP contribution in [0.1, 0.15) is 10.4 Å². The molecule has 1 aromatic carbocycles. The third-order valence-electron chi connectivity index (χ3n) is 3.99. The number of hydrogen-bond acceptors (Lipinski definition) is 7. The minimum Gasteiger partial charge on any atom is -0.494 e. The molecule has 3 rings (SSSR count). The van der Waals surface area contributed by atoms with Crippen LogP contribution in [0.2, 0.25) is 5.15 Å². The van der Waals surface area contributed by atoms with E-state index in [1.165, 1.54) is 20.4 Å². The number of hydrogen-bond donors (Lipinski definition) is 1. The minimum atomic E-state index is -0.377. The van der Waals surface area contributed by atoms with Crippen molar-refractivity contribution >= 4 is 28.9 Å². The lowest BCUT2D eigenvalue weighted by Gasteiger charge is -2.19. The van der Waals surface area contributed by atoms with Gasteiger partial charge in [0.15, 0.2) is 5.75 Å². The maximum atomic E-state index is 12.6. The van der Waals surface area contributed by atoms with Gasteiger partial charge in [-0.1, -0.05) is 17.7 Å². The van der Waals surface area contributed by atoms with Crippen molar-refractivity contribution in [2.24, 2.45) is 0 Å². The highest BCUT2D eigenvalue weighted by Gasteiger charge is 2.19. The van der Waals surface area contributed by atoms with E-state index >= 15 is 0 Å². The van der Waals surface area contributed by atoms with E-state index < -0.39 is 0 Å². The molecule has 0 bridgehead atoms. The largest absolute Gasteiger partial charge is 0.494 e. The van der Waals surface area contributed by atoms with Crippen LogP contribution in [-0.2, 0) is 4.84 Å². The zero-order chi connectivity index (χ0) is 20.1. The molecule has 2 heterocycles. The number of hydroxylamine groups is 2. The van der Waals surface area contributed by atoms with Gasteiger partial charge < -0.3 is 10.1 Å². The van der Waals surface area contributed by atoms with Gasteiger partial charge in [0.25, 0.3) is 5.91 Å². The van der Waals surface area contributed by atoms with Crippen molar-refractivity contribution in [3.8, 4) is 17.0 Å². The predicted molar refractivity (Wildman–Crippen MR) is 106 cm³/mol. The molecule has 1 amide bonds. The quantitative estimate of drug-likeness (QED) is 0.500. The molecule has 0 saturated carbocycles. The highest BCUT2D eigenvalue weighted by molar-refractivity contribution is 6.29. The highest BCUT2D eigenvalue weighted by Crippen LogP contribution is 2.37. The van der Waals surface area contributed by atoms with Crippen molar-refractivity contribution in [2.75, 3.05) is 26.6 Å². The fourth-order valence-corrected chi connectivity index (χ4v) is 2.75. The first-order valence-electron chi connectivity index (χ1n) is 8.23. The van der Waals surface area contributed by atoms with Crippen LogP contribution >= 0.6 is 11.6 Å². The van der Waals surface area contributed by atoms with Crippen LogP contribution < -0.4 is 10.1 Å². The van der Waals surface area contributed by atoms with E-state index in [0.717, 1.165) is 10.6 Å². The van der Waals surface area contributed by atoms with Gasteiger partial charge in [-0.25, -0.2) is 10.0 Å². The van der Waals surface area contributed by atoms with Crippen LogP contribution in [0.5, 0.6) is 5.75 Å². The Morgan fingerprint density at radius 2 is 1.96 bits per heavy atom. The van der Waals surface area contributed by atoms with Gasteiger partial charge in [-0.3, -0.25) is 19.6 Å². The van der Waals surface area contributed by atoms with Gasteiger partial charge in [0.1, 0.15) is 5.15 Å². The number of aromatic nitrogens is 3. The molecule has 28 heavy (non-hydrogen) atoms. The molecular weight excluding hydrogens is 382 g/mol. The Morgan fingerprint density at radius 3 is 2.64 bits per heavy atom. The van der Waals surface area contributed by atoms with Crippen LogP contribution in [0.3, 0.4) is 0 Å². The SMILES string of the molecule is COc1c(Nc2cc(Cl)ncc2C(=O)N(C)OC)cccc1-c1cnccn1. The number of carbonyl (C=O) groups excluding carboxylic acids is 1. The predicted octanol–water partition coefficient (Wildman–Crippen LogP) is 3.58. The van der Waals surface area contributed by atoms with Gasteiger partial charge in [-0.15, -0.1) is 0 Å². The molecule has 0 spiro atoms. The monoisotopic (exact) mass is 399 g/mol. The van der Waals surface area contributed by atoms with Crippen LogP contribution in [0.25, 0.3) is 11.3 Å². The molecule has 0 unspecified atom stereocenters. The molecule has 9 heteroatoms. The van der Waals surface area contributed by atoms with Gasteiger partial charge >= 0.3 is 0 Å². The summed E-state index contributed by atoms with van der Waals surface area (Å²) in [7, 11) is 4.47. The maximum absolute atomic E-state index is 12.6. The van der Waals surface area contributed by atoms with Gasteiger partial charge in [0.2, 0.25) is 0 Å². The molecule has 1 N–H and O–H groups in total. The third-order valence-corrected chi connectivity index (χ3v) is 4.20. The number of amides is 1. The number of carbonyl (C=O) groups is 1. The summed E-state index contributed by atoms with van der Waals surface area (Å²) in [6, 6.07) is 7.10. The number of rotatable bonds is 6. The van der Waals surface area contributed by atoms with Crippen molar-refractivity contribution in [2.45, 2.75) is 0 Å². The molecular formula is C19H18ClN5O3. The molecule has 0 aliphatic heterocycles. The van der Waals surface area contributed by atoms with Crippen molar-refractivity contribution in [3.63, 3.8) is 0 Å². The summed E-state index contributed by atoms with van der Waals surface area (Å²) < 4.78 is 5.60. The van der Waals surface area contributed by atoms with Crippen LogP contribution in [0, 0.1) is 0 Å². The summed E-state index contributed by atoms with van der Waals surface area (Å²) in [5.74, 6) is 0.174. The summed E-state index contributed by atoms with van der Waals surface area (Å²) in [6.07, 6.45) is 6.24. The van der Waals surface area contributed by atoms with Gasteiger partial charge in [-0.05, 0) is 18.2 Å². The highest BCUT2D eigenvalue weighted by atomic mass is 35.5. The average Bonchev–Trinajstić information content (AvgIpc) is 2.73. The zero-order valence-electron chi connectivity index (χ0n) is 15.5. The fourth-order valence-electron chi connectivity index (χ4n) is 2.60. The second-order valence-corrected chi connectivity index (χ2v) is 6.03. The van der Waals surface area contributed by atoms with E-state index in [4.69, 9.17) is 21.2 Å². The van der Waals surface area contributed by atoms with Crippen LogP contribution in [0.4, 0.5) is 11.4 Å². The Balaban J connectivity index is 2.05. The number of pyridine rings is 1. The first-order chi connectivity index (χ1) is 13.5. The second-order valence-electron chi connectivity index (χ2n) is 5.64. The van der Waals surface area contributed by atoms with Crippen LogP contribution in [0.15, 0.2) is 49.1 Å². The minimum absolute atomic E-state index is 0.239. The van der Waals surface area contributed by atoms with E-state index in [1.807, 2.05) is 18.2 Å². The van der Waals surface area contributed by atoms with Crippen LogP contribution in [-0.4, -0.2) is 47.2 Å². The van der Waals surface area contributed by atoms with Crippen molar-refractivity contribution in [1.29, 1.82) is 0 Å². The number of para-hydroxylation sites is 1. The molecule has 8 nitrogen and oxygen atoms in total. The molecule has 0 aliphatic rings. The summed E-state index contributed by atoms with van der Waals surface area (Å²) in [5, 5.41) is 4.54. The van der Waals surface area contributed by atoms with Gasteiger partial charge in [0.05, 0.1) is 43.0 Å². The number of benzene rings is 1. The molecule has 0 atom stereocenters. The Labute approximate surface area is 167 Å². The lowest BCUT2D eigenvalue weighted by atomic mass is 10.1. The van der Waals surface area contributed by atoms with E-state index in [-0.39, 0.29) is 11.1 Å². The van der Waals surface area contributed by atoms with Crippen molar-refractivity contribution < 1.29 is 14.4 Å². The number of nitrogens with zero attached hydrogens (tertiary/aromatic N) is 4. The maximum Gasteiger partial charge on any atom is 0.280 e. The molecule has 3 aromatic rings. The lowest BCUT2D eigenvalue weighted by molar-refractivity contribution is -0.0756. The molecule has 0 aliphatic carbocycles. The first-order valence-corrected chi connectivity index (χ1v) is 8.61. The Bertz CT molecular complexity index is 985. The van der Waals surface area contributed by atoms with E-state index in [1.54, 1.807) is 31.8 Å². The van der Waals surface area contributed by atoms with Gasteiger partial charge in [0, 0.05) is 31.2 Å². The third kappa shape index (κ3) is 4.03. The molecule has 2 aromatic heterocycles. The van der Waals surface area contributed by atoms with E-state index in [9.17, 15) is 4.79 Å². The average molecular weight is 400 g/mol. The normalized spacial score (nSPS) is 10.4. The number of ether oxygens (including phenoxy) is 1. The molecule has 144 valence electrons. The molecule has 0 radical (unpaired) electrons. The summed E-state index contributed by atoms with van der Waals surface area (Å²) >= 11 is 6.05. The summed E-state index contributed by atoms with van der Waals surface area (Å²) in [5.41, 5.74) is 2.79. The Kier molecular flexibility index (Phi) is 6.03. The Hall–Kier alpha value is -3.23. The second kappa shape index (κ2) is 8.64. The van der Waals surface area contributed by atoms with E-state index in [2.05, 4.69) is 20.3 Å². The smallest absolute Gasteiger partial charge is 0.280 e.